The van der Waals surface area contributed by atoms with E-state index in [2.05, 4.69) is 15.3 Å². The minimum atomic E-state index is -0.252. The number of benzene rings is 1. The molecule has 0 amide bonds. The van der Waals surface area contributed by atoms with Gasteiger partial charge in [-0.2, -0.15) is 4.52 Å². The molecule has 0 aliphatic carbocycles. The van der Waals surface area contributed by atoms with E-state index in [9.17, 15) is 0 Å². The van der Waals surface area contributed by atoms with E-state index in [0.29, 0.717) is 15.9 Å². The zero-order valence-electron chi connectivity index (χ0n) is 10.6. The van der Waals surface area contributed by atoms with Gasteiger partial charge in [-0.05, 0) is 31.5 Å². The SMILES string of the molecule is Cc1cccc(OC(C)c2nnc3sc(N)nn23)c1. The lowest BCUT2D eigenvalue weighted by molar-refractivity contribution is 0.213. The van der Waals surface area contributed by atoms with E-state index in [-0.39, 0.29) is 6.10 Å². The van der Waals surface area contributed by atoms with Crippen molar-refractivity contribution in [2.75, 3.05) is 5.73 Å². The third-order valence-electron chi connectivity index (χ3n) is 2.70. The Balaban J connectivity index is 1.89. The Bertz CT molecular complexity index is 720. The standard InChI is InChI=1S/C12H13N5OS/c1-7-4-3-5-9(6-7)18-8(2)10-14-15-12-17(10)16-11(13)19-12/h3-6,8H,1-2H3,(H2,13,16). The minimum Gasteiger partial charge on any atom is -0.483 e. The maximum Gasteiger partial charge on any atom is 0.236 e. The van der Waals surface area contributed by atoms with Gasteiger partial charge in [0.1, 0.15) is 5.75 Å². The Kier molecular flexibility index (Phi) is 2.83. The number of ether oxygens (including phenoxy) is 1. The maximum absolute atomic E-state index is 5.86. The van der Waals surface area contributed by atoms with Gasteiger partial charge in [-0.1, -0.05) is 23.5 Å². The minimum absolute atomic E-state index is 0.252. The van der Waals surface area contributed by atoms with Gasteiger partial charge in [0.15, 0.2) is 11.9 Å². The fourth-order valence-electron chi connectivity index (χ4n) is 1.85. The van der Waals surface area contributed by atoms with Crippen molar-refractivity contribution in [3.05, 3.63) is 35.7 Å². The molecule has 0 saturated carbocycles. The molecule has 0 bridgehead atoms. The molecule has 2 N–H and O–H groups in total. The van der Waals surface area contributed by atoms with Gasteiger partial charge in [0, 0.05) is 0 Å². The molecule has 7 heteroatoms. The molecule has 3 aromatic rings. The second-order valence-corrected chi connectivity index (χ2v) is 5.26. The van der Waals surface area contributed by atoms with E-state index in [1.165, 1.54) is 11.3 Å². The van der Waals surface area contributed by atoms with Gasteiger partial charge in [0.05, 0.1) is 0 Å². The van der Waals surface area contributed by atoms with Crippen molar-refractivity contribution in [1.29, 1.82) is 0 Å². The molecule has 1 unspecified atom stereocenters. The van der Waals surface area contributed by atoms with Crippen LogP contribution < -0.4 is 10.5 Å². The van der Waals surface area contributed by atoms with E-state index in [1.807, 2.05) is 38.1 Å². The van der Waals surface area contributed by atoms with E-state index in [4.69, 9.17) is 10.5 Å². The molecule has 19 heavy (non-hydrogen) atoms. The average molecular weight is 275 g/mol. The Morgan fingerprint density at radius 3 is 3.00 bits per heavy atom. The quantitative estimate of drug-likeness (QED) is 0.793. The molecule has 3 rings (SSSR count). The molecule has 1 aromatic carbocycles. The van der Waals surface area contributed by atoms with Crippen molar-refractivity contribution in [2.24, 2.45) is 0 Å². The van der Waals surface area contributed by atoms with Gasteiger partial charge >= 0.3 is 0 Å². The Hall–Kier alpha value is -2.15. The number of hydrogen-bond donors (Lipinski definition) is 1. The van der Waals surface area contributed by atoms with Gasteiger partial charge in [-0.15, -0.1) is 15.3 Å². The molecule has 0 aliphatic rings. The fourth-order valence-corrected chi connectivity index (χ4v) is 2.46. The highest BCUT2D eigenvalue weighted by atomic mass is 32.1. The molecule has 0 fully saturated rings. The lowest BCUT2D eigenvalue weighted by Gasteiger charge is -2.12. The van der Waals surface area contributed by atoms with E-state index in [0.717, 1.165) is 11.3 Å². The lowest BCUT2D eigenvalue weighted by Crippen LogP contribution is -2.08. The van der Waals surface area contributed by atoms with Crippen LogP contribution >= 0.6 is 11.3 Å². The maximum atomic E-state index is 5.86. The summed E-state index contributed by atoms with van der Waals surface area (Å²) in [5.41, 5.74) is 6.80. The summed E-state index contributed by atoms with van der Waals surface area (Å²) in [5, 5.41) is 12.8. The number of nitrogens with two attached hydrogens (primary N) is 1. The molecule has 2 aromatic heterocycles. The predicted molar refractivity (Wildman–Crippen MR) is 73.3 cm³/mol. The third-order valence-corrected chi connectivity index (χ3v) is 3.42. The van der Waals surface area contributed by atoms with Crippen molar-refractivity contribution in [3.63, 3.8) is 0 Å². The van der Waals surface area contributed by atoms with Crippen molar-refractivity contribution in [1.82, 2.24) is 19.8 Å². The zero-order chi connectivity index (χ0) is 13.4. The van der Waals surface area contributed by atoms with Crippen LogP contribution in [0.4, 0.5) is 5.13 Å². The van der Waals surface area contributed by atoms with E-state index in [1.54, 1.807) is 4.52 Å². The highest BCUT2D eigenvalue weighted by Gasteiger charge is 2.18. The number of fused-ring (bicyclic) bond motifs is 1. The van der Waals surface area contributed by atoms with Crippen LogP contribution in [0.1, 0.15) is 24.4 Å². The largest absolute Gasteiger partial charge is 0.483 e. The van der Waals surface area contributed by atoms with E-state index >= 15 is 0 Å². The van der Waals surface area contributed by atoms with Crippen LogP contribution in [0.2, 0.25) is 0 Å². The smallest absolute Gasteiger partial charge is 0.236 e. The predicted octanol–water partition coefficient (Wildman–Crippen LogP) is 2.22. The van der Waals surface area contributed by atoms with Crippen LogP contribution in [0.5, 0.6) is 5.75 Å². The summed E-state index contributed by atoms with van der Waals surface area (Å²) < 4.78 is 7.48. The Morgan fingerprint density at radius 1 is 1.37 bits per heavy atom. The summed E-state index contributed by atoms with van der Waals surface area (Å²) in [6, 6.07) is 7.87. The first-order chi connectivity index (χ1) is 9.13. The lowest BCUT2D eigenvalue weighted by atomic mass is 10.2. The van der Waals surface area contributed by atoms with Crippen molar-refractivity contribution < 1.29 is 4.74 Å². The normalized spacial score (nSPS) is 12.7. The van der Waals surface area contributed by atoms with Crippen LogP contribution in [-0.2, 0) is 0 Å². The van der Waals surface area contributed by atoms with Gasteiger partial charge in [0.2, 0.25) is 10.1 Å². The first kappa shape index (κ1) is 11.9. The summed E-state index contributed by atoms with van der Waals surface area (Å²) in [7, 11) is 0. The van der Waals surface area contributed by atoms with Crippen LogP contribution in [-0.4, -0.2) is 19.8 Å². The Morgan fingerprint density at radius 2 is 2.21 bits per heavy atom. The third kappa shape index (κ3) is 2.24. The topological polar surface area (TPSA) is 78.3 Å². The van der Waals surface area contributed by atoms with Crippen LogP contribution in [0.25, 0.3) is 4.96 Å². The molecule has 98 valence electrons. The highest BCUT2D eigenvalue weighted by molar-refractivity contribution is 7.20. The monoisotopic (exact) mass is 275 g/mol. The molecule has 2 heterocycles. The molecule has 0 spiro atoms. The number of hydrogen-bond acceptors (Lipinski definition) is 6. The number of aromatic nitrogens is 4. The molecule has 1 atom stereocenters. The van der Waals surface area contributed by atoms with Crippen molar-refractivity contribution in [3.8, 4) is 5.75 Å². The zero-order valence-corrected chi connectivity index (χ0v) is 11.4. The first-order valence-corrected chi connectivity index (χ1v) is 6.66. The van der Waals surface area contributed by atoms with Crippen molar-refractivity contribution >= 4 is 21.4 Å². The van der Waals surface area contributed by atoms with Gasteiger partial charge in [-0.25, -0.2) is 0 Å². The number of aryl methyl sites for hydroxylation is 1. The number of rotatable bonds is 3. The molecular weight excluding hydrogens is 262 g/mol. The summed E-state index contributed by atoms with van der Waals surface area (Å²) in [4.78, 5) is 0.673. The average Bonchev–Trinajstić information content (AvgIpc) is 2.87. The van der Waals surface area contributed by atoms with Gasteiger partial charge in [-0.3, -0.25) is 0 Å². The fraction of sp³-hybridized carbons (Fsp3) is 0.250. The Labute approximate surface area is 113 Å². The van der Waals surface area contributed by atoms with Gasteiger partial charge < -0.3 is 10.5 Å². The first-order valence-electron chi connectivity index (χ1n) is 5.84. The molecule has 0 saturated heterocycles. The molecule has 6 nitrogen and oxygen atoms in total. The molecule has 0 aliphatic heterocycles. The van der Waals surface area contributed by atoms with E-state index < -0.39 is 0 Å². The summed E-state index contributed by atoms with van der Waals surface area (Å²) in [5.74, 6) is 1.44. The number of anilines is 1. The van der Waals surface area contributed by atoms with Crippen LogP contribution in [0, 0.1) is 6.92 Å². The van der Waals surface area contributed by atoms with Gasteiger partial charge in [0.25, 0.3) is 0 Å². The molecular formula is C12H13N5OS. The van der Waals surface area contributed by atoms with Crippen LogP contribution in [0.3, 0.4) is 0 Å². The second-order valence-electron chi connectivity index (χ2n) is 4.27. The van der Waals surface area contributed by atoms with Crippen molar-refractivity contribution in [2.45, 2.75) is 20.0 Å². The highest BCUT2D eigenvalue weighted by Crippen LogP contribution is 2.23. The number of nitrogen functional groups attached to an aromatic ring is 1. The van der Waals surface area contributed by atoms with Crippen LogP contribution in [0.15, 0.2) is 24.3 Å². The number of nitrogens with zero attached hydrogens (tertiary/aromatic N) is 4. The second kappa shape index (κ2) is 4.51. The summed E-state index contributed by atoms with van der Waals surface area (Å²) in [6.45, 7) is 3.93. The molecule has 0 radical (unpaired) electrons. The summed E-state index contributed by atoms with van der Waals surface area (Å²) in [6.07, 6.45) is -0.252. The summed E-state index contributed by atoms with van der Waals surface area (Å²) >= 11 is 1.30.